The Hall–Kier alpha value is -2.50. The van der Waals surface area contributed by atoms with Gasteiger partial charge in [-0.1, -0.05) is 13.3 Å². The minimum absolute atomic E-state index is 0.0205. The van der Waals surface area contributed by atoms with Crippen molar-refractivity contribution in [3.63, 3.8) is 0 Å². The number of carbonyl (C=O) groups is 1. The molecule has 1 amide bonds. The summed E-state index contributed by atoms with van der Waals surface area (Å²) < 4.78 is 1.73. The molecule has 1 aromatic carbocycles. The summed E-state index contributed by atoms with van der Waals surface area (Å²) in [6.07, 6.45) is 4.77. The van der Waals surface area contributed by atoms with E-state index in [1.54, 1.807) is 22.8 Å². The van der Waals surface area contributed by atoms with E-state index in [0.717, 1.165) is 50.2 Å². The first-order chi connectivity index (χ1) is 11.6. The van der Waals surface area contributed by atoms with Crippen LogP contribution in [0, 0.1) is 0 Å². The number of hydrazone groups is 1. The minimum Gasteiger partial charge on any atom is -0.296 e. The number of amides is 1. The van der Waals surface area contributed by atoms with Gasteiger partial charge in [-0.25, -0.2) is 10.4 Å². The molecule has 1 aliphatic rings. The first-order valence-electron chi connectivity index (χ1n) is 8.47. The Morgan fingerprint density at radius 3 is 3.04 bits per heavy atom. The predicted octanol–water partition coefficient (Wildman–Crippen LogP) is 2.64. The third-order valence-corrected chi connectivity index (χ3v) is 4.32. The summed E-state index contributed by atoms with van der Waals surface area (Å²) in [5, 5.41) is 4.68. The van der Waals surface area contributed by atoms with Gasteiger partial charge < -0.3 is 0 Å². The lowest BCUT2D eigenvalue weighted by molar-refractivity contribution is 0.0955. The fraction of sp³-hybridized carbons (Fsp3) is 0.444. The Balaban J connectivity index is 1.84. The highest BCUT2D eigenvalue weighted by Gasteiger charge is 2.17. The van der Waals surface area contributed by atoms with Crippen molar-refractivity contribution in [1.29, 1.82) is 0 Å². The Morgan fingerprint density at radius 1 is 1.42 bits per heavy atom. The van der Waals surface area contributed by atoms with Gasteiger partial charge >= 0.3 is 0 Å². The maximum atomic E-state index is 12.4. The van der Waals surface area contributed by atoms with E-state index in [1.165, 1.54) is 0 Å². The van der Waals surface area contributed by atoms with Crippen LogP contribution in [0.3, 0.4) is 0 Å². The molecule has 6 nitrogen and oxygen atoms in total. The standard InChI is InChI=1S/C18H22N4O2/c1-3-4-6-12(2)20-21-17(23)13-8-9-14-15(11-13)19-16-7-5-10-22(16)18(14)24/h8-9,11H,3-7,10H2,1-2H3,(H,21,23)/b20-12-. The van der Waals surface area contributed by atoms with Crippen molar-refractivity contribution in [2.75, 3.05) is 0 Å². The molecule has 24 heavy (non-hydrogen) atoms. The lowest BCUT2D eigenvalue weighted by atomic mass is 10.1. The largest absolute Gasteiger partial charge is 0.296 e. The van der Waals surface area contributed by atoms with Gasteiger partial charge in [0, 0.05) is 24.2 Å². The van der Waals surface area contributed by atoms with Crippen LogP contribution < -0.4 is 11.0 Å². The van der Waals surface area contributed by atoms with Crippen LogP contribution >= 0.6 is 0 Å². The second-order valence-corrected chi connectivity index (χ2v) is 6.21. The van der Waals surface area contributed by atoms with Crippen molar-refractivity contribution in [1.82, 2.24) is 15.0 Å². The molecule has 1 aromatic heterocycles. The number of hydrogen-bond donors (Lipinski definition) is 1. The first kappa shape index (κ1) is 16.4. The van der Waals surface area contributed by atoms with Gasteiger partial charge in [0.25, 0.3) is 11.5 Å². The fourth-order valence-electron chi connectivity index (χ4n) is 2.92. The highest BCUT2D eigenvalue weighted by molar-refractivity contribution is 5.98. The number of rotatable bonds is 5. The zero-order chi connectivity index (χ0) is 17.1. The molecule has 2 aromatic rings. The van der Waals surface area contributed by atoms with E-state index in [4.69, 9.17) is 0 Å². The van der Waals surface area contributed by atoms with E-state index < -0.39 is 0 Å². The number of unbranched alkanes of at least 4 members (excludes halogenated alkanes) is 1. The summed E-state index contributed by atoms with van der Waals surface area (Å²) in [5.74, 6) is 0.522. The van der Waals surface area contributed by atoms with Crippen LogP contribution in [0.25, 0.3) is 10.9 Å². The molecular formula is C18H22N4O2. The van der Waals surface area contributed by atoms with Crippen molar-refractivity contribution in [2.24, 2.45) is 5.10 Å². The van der Waals surface area contributed by atoms with Crippen molar-refractivity contribution in [3.8, 4) is 0 Å². The van der Waals surface area contributed by atoms with Crippen LogP contribution in [0.15, 0.2) is 28.1 Å². The van der Waals surface area contributed by atoms with Gasteiger partial charge in [-0.3, -0.25) is 14.2 Å². The number of nitrogens with zero attached hydrogens (tertiary/aromatic N) is 3. The van der Waals surface area contributed by atoms with Crippen molar-refractivity contribution >= 4 is 22.5 Å². The van der Waals surface area contributed by atoms with Gasteiger partial charge in [-0.05, 0) is 44.4 Å². The van der Waals surface area contributed by atoms with Crippen LogP contribution in [0.5, 0.6) is 0 Å². The lowest BCUT2D eigenvalue weighted by Gasteiger charge is -2.07. The molecule has 1 aliphatic heterocycles. The first-order valence-corrected chi connectivity index (χ1v) is 8.47. The number of aryl methyl sites for hydroxylation is 1. The number of fused-ring (bicyclic) bond motifs is 2. The molecule has 0 saturated heterocycles. The average Bonchev–Trinajstić information content (AvgIpc) is 3.06. The van der Waals surface area contributed by atoms with Crippen LogP contribution in [-0.4, -0.2) is 21.2 Å². The third-order valence-electron chi connectivity index (χ3n) is 4.32. The zero-order valence-electron chi connectivity index (χ0n) is 14.1. The second kappa shape index (κ2) is 6.95. The van der Waals surface area contributed by atoms with Gasteiger partial charge in [-0.15, -0.1) is 0 Å². The van der Waals surface area contributed by atoms with E-state index in [2.05, 4.69) is 22.4 Å². The number of nitrogens with one attached hydrogen (secondary N) is 1. The van der Waals surface area contributed by atoms with Crippen molar-refractivity contribution in [2.45, 2.75) is 52.5 Å². The van der Waals surface area contributed by atoms with E-state index in [1.807, 2.05) is 6.92 Å². The zero-order valence-corrected chi connectivity index (χ0v) is 14.1. The fourth-order valence-corrected chi connectivity index (χ4v) is 2.92. The molecule has 1 N–H and O–H groups in total. The van der Waals surface area contributed by atoms with Crippen LogP contribution in [0.1, 0.15) is 55.7 Å². The summed E-state index contributed by atoms with van der Waals surface area (Å²) >= 11 is 0. The number of benzene rings is 1. The molecule has 0 unspecified atom stereocenters. The van der Waals surface area contributed by atoms with E-state index >= 15 is 0 Å². The van der Waals surface area contributed by atoms with Crippen LogP contribution in [-0.2, 0) is 13.0 Å². The van der Waals surface area contributed by atoms with E-state index in [9.17, 15) is 9.59 Å². The lowest BCUT2D eigenvalue weighted by Crippen LogP contribution is -2.22. The molecule has 0 bridgehead atoms. The molecular weight excluding hydrogens is 304 g/mol. The highest BCUT2D eigenvalue weighted by Crippen LogP contribution is 2.16. The van der Waals surface area contributed by atoms with Crippen molar-refractivity contribution < 1.29 is 4.79 Å². The maximum Gasteiger partial charge on any atom is 0.271 e. The molecule has 0 radical (unpaired) electrons. The molecule has 2 heterocycles. The molecule has 0 spiro atoms. The van der Waals surface area contributed by atoms with E-state index in [-0.39, 0.29) is 11.5 Å². The predicted molar refractivity (Wildman–Crippen MR) is 94.4 cm³/mol. The summed E-state index contributed by atoms with van der Waals surface area (Å²) in [7, 11) is 0. The van der Waals surface area contributed by atoms with Gasteiger partial charge in [-0.2, -0.15) is 5.10 Å². The Morgan fingerprint density at radius 2 is 2.25 bits per heavy atom. The summed E-state index contributed by atoms with van der Waals surface area (Å²) in [6, 6.07) is 5.00. The van der Waals surface area contributed by atoms with Gasteiger partial charge in [0.2, 0.25) is 0 Å². The Kier molecular flexibility index (Phi) is 4.74. The van der Waals surface area contributed by atoms with E-state index in [0.29, 0.717) is 16.5 Å². The molecule has 126 valence electrons. The number of carbonyl (C=O) groups excluding carboxylic acids is 1. The quantitative estimate of drug-likeness (QED) is 0.678. The number of hydrogen-bond acceptors (Lipinski definition) is 4. The third kappa shape index (κ3) is 3.22. The van der Waals surface area contributed by atoms with Gasteiger partial charge in [0.05, 0.1) is 10.9 Å². The monoisotopic (exact) mass is 326 g/mol. The Bertz CT molecular complexity index is 867. The molecule has 0 aliphatic carbocycles. The molecule has 6 heteroatoms. The summed E-state index contributed by atoms with van der Waals surface area (Å²) in [5.41, 5.74) is 4.50. The summed E-state index contributed by atoms with van der Waals surface area (Å²) in [4.78, 5) is 29.2. The smallest absolute Gasteiger partial charge is 0.271 e. The second-order valence-electron chi connectivity index (χ2n) is 6.21. The summed E-state index contributed by atoms with van der Waals surface area (Å²) in [6.45, 7) is 4.75. The number of aromatic nitrogens is 2. The molecule has 0 atom stereocenters. The van der Waals surface area contributed by atoms with Gasteiger partial charge in [0.1, 0.15) is 5.82 Å². The van der Waals surface area contributed by atoms with Crippen LogP contribution in [0.4, 0.5) is 0 Å². The van der Waals surface area contributed by atoms with Gasteiger partial charge in [0.15, 0.2) is 0 Å². The molecule has 3 rings (SSSR count). The highest BCUT2D eigenvalue weighted by atomic mass is 16.2. The molecule has 0 fully saturated rings. The minimum atomic E-state index is -0.282. The normalized spacial score (nSPS) is 14.0. The SMILES string of the molecule is CCCC/C(C)=N\NC(=O)c1ccc2c(=O)n3c(nc2c1)CCC3. The topological polar surface area (TPSA) is 76.3 Å². The van der Waals surface area contributed by atoms with Crippen molar-refractivity contribution in [3.05, 3.63) is 39.9 Å². The Labute approximate surface area is 140 Å². The van der Waals surface area contributed by atoms with Crippen LogP contribution in [0.2, 0.25) is 0 Å². The average molecular weight is 326 g/mol. The molecule has 0 saturated carbocycles. The maximum absolute atomic E-state index is 12.4.